The van der Waals surface area contributed by atoms with Crippen LogP contribution in [-0.4, -0.2) is 28.9 Å². The van der Waals surface area contributed by atoms with Crippen LogP contribution in [0.25, 0.3) is 10.9 Å². The maximum absolute atomic E-state index is 12.6. The molecular formula is C20H21N3O. The van der Waals surface area contributed by atoms with Gasteiger partial charge >= 0.3 is 0 Å². The summed E-state index contributed by atoms with van der Waals surface area (Å²) < 4.78 is 0. The van der Waals surface area contributed by atoms with Crippen LogP contribution in [0, 0.1) is 0 Å². The predicted octanol–water partition coefficient (Wildman–Crippen LogP) is 3.69. The number of aromatic nitrogens is 1. The average Bonchev–Trinajstić information content (AvgIpc) is 2.62. The molecule has 3 aromatic rings. The van der Waals surface area contributed by atoms with Crippen molar-refractivity contribution in [2.24, 2.45) is 0 Å². The molecule has 1 aromatic heterocycles. The zero-order valence-electron chi connectivity index (χ0n) is 13.9. The van der Waals surface area contributed by atoms with Gasteiger partial charge in [-0.05, 0) is 43.8 Å². The number of benzene rings is 2. The first kappa shape index (κ1) is 16.1. The minimum atomic E-state index is -0.239. The molecule has 1 atom stereocenters. The number of nitrogens with one attached hydrogen (secondary N) is 1. The van der Waals surface area contributed by atoms with E-state index in [0.29, 0.717) is 0 Å². The van der Waals surface area contributed by atoms with Crippen molar-refractivity contribution < 1.29 is 4.79 Å². The highest BCUT2D eigenvalue weighted by molar-refractivity contribution is 6.02. The fraction of sp³-hybridized carbons (Fsp3) is 0.200. The second-order valence-corrected chi connectivity index (χ2v) is 5.94. The molecule has 0 radical (unpaired) electrons. The summed E-state index contributed by atoms with van der Waals surface area (Å²) in [7, 11) is 1.96. The minimum Gasteiger partial charge on any atom is -0.324 e. The van der Waals surface area contributed by atoms with Gasteiger partial charge in [0, 0.05) is 18.1 Å². The van der Waals surface area contributed by atoms with Crippen molar-refractivity contribution in [1.29, 1.82) is 0 Å². The highest BCUT2D eigenvalue weighted by Crippen LogP contribution is 2.21. The smallest absolute Gasteiger partial charge is 0.241 e. The summed E-state index contributed by atoms with van der Waals surface area (Å²) in [5, 5.41) is 3.98. The Bertz CT molecular complexity index is 827. The lowest BCUT2D eigenvalue weighted by molar-refractivity contribution is -0.120. The molecule has 0 fully saturated rings. The lowest BCUT2D eigenvalue weighted by Gasteiger charge is -2.24. The predicted molar refractivity (Wildman–Crippen MR) is 97.7 cm³/mol. The second-order valence-electron chi connectivity index (χ2n) is 5.94. The zero-order valence-corrected chi connectivity index (χ0v) is 13.9. The van der Waals surface area contributed by atoms with E-state index in [1.165, 1.54) is 5.56 Å². The lowest BCUT2D eigenvalue weighted by atomic mass is 10.1. The number of carbonyl (C=O) groups excluding carboxylic acids is 1. The molecular weight excluding hydrogens is 298 g/mol. The standard InChI is InChI=1S/C20H21N3O/c1-15(23(2)14-16-8-4-3-5-9-16)20(24)22-19-12-6-11-18-17(19)10-7-13-21-18/h3-13,15H,14H2,1-2H3,(H,22,24). The number of nitrogens with zero attached hydrogens (tertiary/aromatic N) is 2. The normalized spacial score (nSPS) is 12.3. The van der Waals surface area contributed by atoms with Crippen molar-refractivity contribution in [2.45, 2.75) is 19.5 Å². The lowest BCUT2D eigenvalue weighted by Crippen LogP contribution is -2.39. The molecule has 0 bridgehead atoms. The van der Waals surface area contributed by atoms with Crippen molar-refractivity contribution in [3.63, 3.8) is 0 Å². The Morgan fingerprint density at radius 2 is 1.88 bits per heavy atom. The molecule has 0 aliphatic heterocycles. The molecule has 1 unspecified atom stereocenters. The number of hydrogen-bond donors (Lipinski definition) is 1. The van der Waals surface area contributed by atoms with Crippen LogP contribution in [0.3, 0.4) is 0 Å². The Morgan fingerprint density at radius 1 is 1.08 bits per heavy atom. The number of pyridine rings is 1. The third-order valence-electron chi connectivity index (χ3n) is 4.22. The number of amides is 1. The first-order valence-electron chi connectivity index (χ1n) is 8.04. The number of likely N-dealkylation sites (N-methyl/N-ethyl adjacent to an activating group) is 1. The number of fused-ring (bicyclic) bond motifs is 1. The zero-order chi connectivity index (χ0) is 16.9. The van der Waals surface area contributed by atoms with Crippen LogP contribution in [0.1, 0.15) is 12.5 Å². The van der Waals surface area contributed by atoms with Crippen LogP contribution in [0.4, 0.5) is 5.69 Å². The Kier molecular flexibility index (Phi) is 4.87. The van der Waals surface area contributed by atoms with Gasteiger partial charge in [-0.3, -0.25) is 14.7 Å². The summed E-state index contributed by atoms with van der Waals surface area (Å²) in [6, 6.07) is 19.5. The van der Waals surface area contributed by atoms with Crippen LogP contribution in [0.2, 0.25) is 0 Å². The minimum absolute atomic E-state index is 0.0233. The number of anilines is 1. The Balaban J connectivity index is 1.71. The number of rotatable bonds is 5. The van der Waals surface area contributed by atoms with Crippen molar-refractivity contribution >= 4 is 22.5 Å². The monoisotopic (exact) mass is 319 g/mol. The third-order valence-corrected chi connectivity index (χ3v) is 4.22. The van der Waals surface area contributed by atoms with Crippen molar-refractivity contribution in [3.05, 3.63) is 72.4 Å². The molecule has 1 heterocycles. The molecule has 0 saturated carbocycles. The SMILES string of the molecule is CC(C(=O)Nc1cccc2ncccc12)N(C)Cc1ccccc1. The average molecular weight is 319 g/mol. The first-order chi connectivity index (χ1) is 11.6. The van der Waals surface area contributed by atoms with E-state index < -0.39 is 0 Å². The quantitative estimate of drug-likeness (QED) is 0.780. The largest absolute Gasteiger partial charge is 0.324 e. The van der Waals surface area contributed by atoms with Gasteiger partial charge in [0.05, 0.1) is 17.2 Å². The molecule has 0 aliphatic carbocycles. The second kappa shape index (κ2) is 7.23. The third kappa shape index (κ3) is 3.60. The molecule has 4 heteroatoms. The van der Waals surface area contributed by atoms with E-state index >= 15 is 0 Å². The van der Waals surface area contributed by atoms with Gasteiger partial charge in [0.1, 0.15) is 0 Å². The van der Waals surface area contributed by atoms with Gasteiger partial charge < -0.3 is 5.32 Å². The molecule has 4 nitrogen and oxygen atoms in total. The highest BCUT2D eigenvalue weighted by atomic mass is 16.2. The summed E-state index contributed by atoms with van der Waals surface area (Å²) in [6.45, 7) is 2.65. The fourth-order valence-electron chi connectivity index (χ4n) is 2.66. The van der Waals surface area contributed by atoms with Gasteiger partial charge in [-0.2, -0.15) is 0 Å². The maximum atomic E-state index is 12.6. The van der Waals surface area contributed by atoms with Gasteiger partial charge in [-0.1, -0.05) is 36.4 Å². The molecule has 122 valence electrons. The van der Waals surface area contributed by atoms with E-state index in [9.17, 15) is 4.79 Å². The summed E-state index contributed by atoms with van der Waals surface area (Å²) in [5.74, 6) is -0.0233. The first-order valence-corrected chi connectivity index (χ1v) is 8.04. The van der Waals surface area contributed by atoms with E-state index in [0.717, 1.165) is 23.1 Å². The molecule has 3 rings (SSSR count). The van der Waals surface area contributed by atoms with Crippen LogP contribution in [0.15, 0.2) is 66.9 Å². The van der Waals surface area contributed by atoms with Crippen LogP contribution in [-0.2, 0) is 11.3 Å². The van der Waals surface area contributed by atoms with E-state index in [1.807, 2.05) is 67.4 Å². The van der Waals surface area contributed by atoms with Gasteiger partial charge in [-0.15, -0.1) is 0 Å². The van der Waals surface area contributed by atoms with Crippen LogP contribution >= 0.6 is 0 Å². The van der Waals surface area contributed by atoms with Crippen molar-refractivity contribution in [1.82, 2.24) is 9.88 Å². The summed E-state index contributed by atoms with van der Waals surface area (Å²) >= 11 is 0. The maximum Gasteiger partial charge on any atom is 0.241 e. The Hall–Kier alpha value is -2.72. The Morgan fingerprint density at radius 3 is 2.67 bits per heavy atom. The van der Waals surface area contributed by atoms with Crippen LogP contribution in [0.5, 0.6) is 0 Å². The van der Waals surface area contributed by atoms with E-state index in [1.54, 1.807) is 6.20 Å². The van der Waals surface area contributed by atoms with Gasteiger partial charge in [0.25, 0.3) is 0 Å². The van der Waals surface area contributed by atoms with E-state index in [4.69, 9.17) is 0 Å². The molecule has 1 N–H and O–H groups in total. The molecule has 0 aliphatic rings. The molecule has 2 aromatic carbocycles. The number of hydrogen-bond acceptors (Lipinski definition) is 3. The summed E-state index contributed by atoms with van der Waals surface area (Å²) in [6.07, 6.45) is 1.75. The van der Waals surface area contributed by atoms with Gasteiger partial charge in [0.15, 0.2) is 0 Å². The topological polar surface area (TPSA) is 45.2 Å². The Labute approximate surface area is 142 Å². The molecule has 0 spiro atoms. The number of carbonyl (C=O) groups is 1. The van der Waals surface area contributed by atoms with Crippen LogP contribution < -0.4 is 5.32 Å². The van der Waals surface area contributed by atoms with Crippen molar-refractivity contribution in [3.8, 4) is 0 Å². The summed E-state index contributed by atoms with van der Waals surface area (Å²) in [4.78, 5) is 19.0. The molecule has 1 amide bonds. The van der Waals surface area contributed by atoms with E-state index in [2.05, 4.69) is 22.4 Å². The highest BCUT2D eigenvalue weighted by Gasteiger charge is 2.19. The molecule has 24 heavy (non-hydrogen) atoms. The fourth-order valence-corrected chi connectivity index (χ4v) is 2.66. The van der Waals surface area contributed by atoms with Crippen molar-refractivity contribution in [2.75, 3.05) is 12.4 Å². The van der Waals surface area contributed by atoms with E-state index in [-0.39, 0.29) is 11.9 Å². The summed E-state index contributed by atoms with van der Waals surface area (Å²) in [5.41, 5.74) is 2.86. The van der Waals surface area contributed by atoms with Gasteiger partial charge in [0.2, 0.25) is 5.91 Å². The molecule has 0 saturated heterocycles. The van der Waals surface area contributed by atoms with Gasteiger partial charge in [-0.25, -0.2) is 0 Å².